The number of nitrogens with zero attached hydrogens (tertiary/aromatic N) is 3. The quantitative estimate of drug-likeness (QED) is 0.595. The molecular formula is C14H18N4O3. The third kappa shape index (κ3) is 3.38. The second kappa shape index (κ2) is 6.36. The molecule has 0 spiro atoms. The number of rotatable bonds is 7. The highest BCUT2D eigenvalue weighted by atomic mass is 16.5. The van der Waals surface area contributed by atoms with E-state index >= 15 is 0 Å². The molecular weight excluding hydrogens is 272 g/mol. The highest BCUT2D eigenvalue weighted by molar-refractivity contribution is 6.03. The van der Waals surface area contributed by atoms with Gasteiger partial charge in [-0.2, -0.15) is 5.10 Å². The molecule has 0 unspecified atom stereocenters. The van der Waals surface area contributed by atoms with Gasteiger partial charge in [-0.1, -0.05) is 12.2 Å². The number of carbonyl (C=O) groups is 1. The SMILES string of the molecule is C=C(C)COCCNc1c(C(=O)O)cnc2c1cnn2C. The van der Waals surface area contributed by atoms with E-state index in [0.29, 0.717) is 36.5 Å². The number of fused-ring (bicyclic) bond motifs is 1. The Hall–Kier alpha value is -2.41. The molecule has 0 saturated heterocycles. The van der Waals surface area contributed by atoms with Crippen molar-refractivity contribution < 1.29 is 14.6 Å². The Morgan fingerprint density at radius 3 is 2.95 bits per heavy atom. The van der Waals surface area contributed by atoms with E-state index in [9.17, 15) is 9.90 Å². The van der Waals surface area contributed by atoms with Gasteiger partial charge in [0.15, 0.2) is 5.65 Å². The maximum atomic E-state index is 11.3. The number of aryl methyl sites for hydroxylation is 1. The minimum atomic E-state index is -1.03. The average molecular weight is 290 g/mol. The lowest BCUT2D eigenvalue weighted by atomic mass is 10.2. The zero-order chi connectivity index (χ0) is 15.4. The number of aromatic nitrogens is 3. The van der Waals surface area contributed by atoms with Crippen LogP contribution in [0.3, 0.4) is 0 Å². The third-order valence-corrected chi connectivity index (χ3v) is 2.89. The lowest BCUT2D eigenvalue weighted by Crippen LogP contribution is -2.13. The maximum absolute atomic E-state index is 11.3. The van der Waals surface area contributed by atoms with Gasteiger partial charge in [0.25, 0.3) is 0 Å². The van der Waals surface area contributed by atoms with Gasteiger partial charge in [-0.25, -0.2) is 9.78 Å². The number of carboxylic acids is 1. The monoisotopic (exact) mass is 290 g/mol. The summed E-state index contributed by atoms with van der Waals surface area (Å²) < 4.78 is 6.99. The number of carboxylic acid groups (broad SMARTS) is 1. The van der Waals surface area contributed by atoms with Crippen molar-refractivity contribution >= 4 is 22.7 Å². The molecule has 112 valence electrons. The van der Waals surface area contributed by atoms with E-state index in [1.165, 1.54) is 6.20 Å². The van der Waals surface area contributed by atoms with Crippen molar-refractivity contribution in [2.75, 3.05) is 25.1 Å². The van der Waals surface area contributed by atoms with Crippen LogP contribution in [0.5, 0.6) is 0 Å². The fraction of sp³-hybridized carbons (Fsp3) is 0.357. The van der Waals surface area contributed by atoms with E-state index in [4.69, 9.17) is 4.74 Å². The molecule has 0 fully saturated rings. The van der Waals surface area contributed by atoms with Crippen LogP contribution >= 0.6 is 0 Å². The summed E-state index contributed by atoms with van der Waals surface area (Å²) in [4.78, 5) is 15.4. The zero-order valence-electron chi connectivity index (χ0n) is 12.1. The molecule has 2 N–H and O–H groups in total. The van der Waals surface area contributed by atoms with Crippen LogP contribution in [0.25, 0.3) is 11.0 Å². The molecule has 21 heavy (non-hydrogen) atoms. The van der Waals surface area contributed by atoms with Crippen molar-refractivity contribution in [2.24, 2.45) is 7.05 Å². The summed E-state index contributed by atoms with van der Waals surface area (Å²) in [5, 5.41) is 17.1. The number of hydrogen-bond donors (Lipinski definition) is 2. The first-order valence-corrected chi connectivity index (χ1v) is 6.50. The highest BCUT2D eigenvalue weighted by Gasteiger charge is 2.16. The molecule has 2 heterocycles. The number of ether oxygens (including phenoxy) is 1. The average Bonchev–Trinajstić information content (AvgIpc) is 2.80. The van der Waals surface area contributed by atoms with Gasteiger partial charge >= 0.3 is 5.97 Å². The van der Waals surface area contributed by atoms with E-state index in [1.54, 1.807) is 17.9 Å². The molecule has 0 aliphatic carbocycles. The van der Waals surface area contributed by atoms with E-state index in [0.717, 1.165) is 5.57 Å². The molecule has 0 radical (unpaired) electrons. The molecule has 0 amide bonds. The van der Waals surface area contributed by atoms with Gasteiger partial charge in [-0.3, -0.25) is 4.68 Å². The maximum Gasteiger partial charge on any atom is 0.339 e. The van der Waals surface area contributed by atoms with Crippen LogP contribution in [0.15, 0.2) is 24.5 Å². The van der Waals surface area contributed by atoms with Crippen molar-refractivity contribution in [1.29, 1.82) is 0 Å². The van der Waals surface area contributed by atoms with Gasteiger partial charge < -0.3 is 15.2 Å². The molecule has 2 aromatic rings. The van der Waals surface area contributed by atoms with Gasteiger partial charge in [0.1, 0.15) is 5.56 Å². The summed E-state index contributed by atoms with van der Waals surface area (Å²) in [7, 11) is 1.76. The Balaban J connectivity index is 2.17. The van der Waals surface area contributed by atoms with Crippen LogP contribution in [-0.2, 0) is 11.8 Å². The Morgan fingerprint density at radius 2 is 2.29 bits per heavy atom. The topological polar surface area (TPSA) is 89.3 Å². The summed E-state index contributed by atoms with van der Waals surface area (Å²) in [5.74, 6) is -1.03. The first-order chi connectivity index (χ1) is 10.0. The Kier molecular flexibility index (Phi) is 4.54. The van der Waals surface area contributed by atoms with E-state index in [-0.39, 0.29) is 5.56 Å². The molecule has 0 aromatic carbocycles. The lowest BCUT2D eigenvalue weighted by molar-refractivity contribution is 0.0697. The molecule has 7 nitrogen and oxygen atoms in total. The fourth-order valence-electron chi connectivity index (χ4n) is 1.94. The lowest BCUT2D eigenvalue weighted by Gasteiger charge is -2.11. The fourth-order valence-corrected chi connectivity index (χ4v) is 1.94. The first-order valence-electron chi connectivity index (χ1n) is 6.50. The minimum Gasteiger partial charge on any atom is -0.478 e. The van der Waals surface area contributed by atoms with Crippen LogP contribution in [0, 0.1) is 0 Å². The van der Waals surface area contributed by atoms with Crippen LogP contribution in [0.1, 0.15) is 17.3 Å². The second-order valence-corrected chi connectivity index (χ2v) is 4.79. The Bertz CT molecular complexity index is 678. The number of hydrogen-bond acceptors (Lipinski definition) is 5. The predicted molar refractivity (Wildman–Crippen MR) is 79.6 cm³/mol. The predicted octanol–water partition coefficient (Wildman–Crippen LogP) is 1.67. The molecule has 0 atom stereocenters. The zero-order valence-corrected chi connectivity index (χ0v) is 12.1. The number of anilines is 1. The van der Waals surface area contributed by atoms with Crippen LogP contribution in [-0.4, -0.2) is 45.6 Å². The summed E-state index contributed by atoms with van der Waals surface area (Å²) in [6.45, 7) is 7.07. The van der Waals surface area contributed by atoms with E-state index < -0.39 is 5.97 Å². The molecule has 2 aromatic heterocycles. The van der Waals surface area contributed by atoms with Crippen LogP contribution in [0.4, 0.5) is 5.69 Å². The van der Waals surface area contributed by atoms with Gasteiger partial charge in [0.2, 0.25) is 0 Å². The summed E-state index contributed by atoms with van der Waals surface area (Å²) in [6, 6.07) is 0. The normalized spacial score (nSPS) is 10.8. The van der Waals surface area contributed by atoms with Crippen molar-refractivity contribution in [1.82, 2.24) is 14.8 Å². The molecule has 0 aliphatic rings. The molecule has 0 saturated carbocycles. The molecule has 0 bridgehead atoms. The van der Waals surface area contributed by atoms with Crippen LogP contribution < -0.4 is 5.32 Å². The Morgan fingerprint density at radius 1 is 1.52 bits per heavy atom. The van der Waals surface area contributed by atoms with Gasteiger partial charge in [0.05, 0.1) is 30.5 Å². The van der Waals surface area contributed by atoms with Gasteiger partial charge in [0, 0.05) is 19.8 Å². The van der Waals surface area contributed by atoms with E-state index in [2.05, 4.69) is 22.0 Å². The number of nitrogens with one attached hydrogen (secondary N) is 1. The number of aromatic carboxylic acids is 1. The largest absolute Gasteiger partial charge is 0.478 e. The van der Waals surface area contributed by atoms with Gasteiger partial charge in [-0.15, -0.1) is 0 Å². The molecule has 7 heteroatoms. The van der Waals surface area contributed by atoms with Crippen molar-refractivity contribution in [2.45, 2.75) is 6.92 Å². The second-order valence-electron chi connectivity index (χ2n) is 4.79. The number of pyridine rings is 1. The summed E-state index contributed by atoms with van der Waals surface area (Å²) >= 11 is 0. The van der Waals surface area contributed by atoms with Crippen LogP contribution in [0.2, 0.25) is 0 Å². The smallest absolute Gasteiger partial charge is 0.339 e. The first kappa shape index (κ1) is 15.0. The summed E-state index contributed by atoms with van der Waals surface area (Å²) in [5.41, 5.74) is 2.21. The standard InChI is InChI=1S/C14H18N4O3/c1-9(2)8-21-5-4-15-12-10-7-17-18(3)13(10)16-6-11(12)14(19)20/h6-7H,1,4-5,8H2,2-3H3,(H,15,16)(H,19,20). The van der Waals surface area contributed by atoms with Crippen molar-refractivity contribution in [3.63, 3.8) is 0 Å². The van der Waals surface area contributed by atoms with Gasteiger partial charge in [-0.05, 0) is 6.92 Å². The van der Waals surface area contributed by atoms with E-state index in [1.807, 2.05) is 6.92 Å². The highest BCUT2D eigenvalue weighted by Crippen LogP contribution is 2.25. The van der Waals surface area contributed by atoms with Crippen molar-refractivity contribution in [3.8, 4) is 0 Å². The third-order valence-electron chi connectivity index (χ3n) is 2.89. The minimum absolute atomic E-state index is 0.121. The summed E-state index contributed by atoms with van der Waals surface area (Å²) in [6.07, 6.45) is 2.94. The van der Waals surface area contributed by atoms with Crippen molar-refractivity contribution in [3.05, 3.63) is 30.1 Å². The Labute approximate surface area is 122 Å². The molecule has 0 aliphatic heterocycles. The molecule has 2 rings (SSSR count).